The highest BCUT2D eigenvalue weighted by molar-refractivity contribution is 9.10. The van der Waals surface area contributed by atoms with Crippen molar-refractivity contribution in [2.24, 2.45) is 5.92 Å². The number of nitrogens with zero attached hydrogens (tertiary/aromatic N) is 2. The molecule has 1 aliphatic heterocycles. The second-order valence-corrected chi connectivity index (χ2v) is 6.48. The Bertz CT molecular complexity index is 681. The number of benzene rings is 1. The van der Waals surface area contributed by atoms with Gasteiger partial charge in [0.15, 0.2) is 0 Å². The topological polar surface area (TPSA) is 45.2 Å². The van der Waals surface area contributed by atoms with Crippen molar-refractivity contribution in [2.45, 2.75) is 19.8 Å². The summed E-state index contributed by atoms with van der Waals surface area (Å²) in [5.41, 5.74) is 2.20. The van der Waals surface area contributed by atoms with Gasteiger partial charge in [0.25, 0.3) is 0 Å². The molecule has 1 amide bonds. The van der Waals surface area contributed by atoms with Crippen LogP contribution in [0.2, 0.25) is 0 Å². The molecule has 1 aliphatic rings. The van der Waals surface area contributed by atoms with E-state index in [0.717, 1.165) is 41.3 Å². The Morgan fingerprint density at radius 2 is 2.14 bits per heavy atom. The minimum Gasteiger partial charge on any atom is -0.371 e. The summed E-state index contributed by atoms with van der Waals surface area (Å²) in [4.78, 5) is 18.8. The number of hydrogen-bond acceptors (Lipinski definition) is 3. The molecule has 2 aromatic rings. The number of piperidine rings is 1. The van der Waals surface area contributed by atoms with Crippen molar-refractivity contribution in [2.75, 3.05) is 24.5 Å². The number of nitrogens with one attached hydrogen (secondary N) is 1. The van der Waals surface area contributed by atoms with Gasteiger partial charge >= 0.3 is 0 Å². The molecule has 1 N–H and O–H groups in total. The molecule has 1 fully saturated rings. The summed E-state index contributed by atoms with van der Waals surface area (Å²) < 4.78 is 1.02. The molecule has 0 radical (unpaired) electrons. The molecular formula is C17H20BrN3O. The van der Waals surface area contributed by atoms with E-state index in [0.29, 0.717) is 6.54 Å². The van der Waals surface area contributed by atoms with Crippen LogP contribution in [0.15, 0.2) is 34.9 Å². The lowest BCUT2D eigenvalue weighted by Gasteiger charge is -2.33. The first-order valence-electron chi connectivity index (χ1n) is 7.76. The van der Waals surface area contributed by atoms with E-state index < -0.39 is 0 Å². The van der Waals surface area contributed by atoms with Crippen LogP contribution in [-0.2, 0) is 4.79 Å². The molecule has 116 valence electrons. The quantitative estimate of drug-likeness (QED) is 0.911. The van der Waals surface area contributed by atoms with E-state index in [4.69, 9.17) is 0 Å². The van der Waals surface area contributed by atoms with Gasteiger partial charge in [0.1, 0.15) is 0 Å². The number of fused-ring (bicyclic) bond motifs is 1. The van der Waals surface area contributed by atoms with Crippen molar-refractivity contribution in [1.82, 2.24) is 10.3 Å². The number of carbonyl (C=O) groups is 1. The number of amides is 1. The molecule has 0 saturated carbocycles. The maximum Gasteiger partial charge on any atom is 0.223 e. The zero-order chi connectivity index (χ0) is 15.5. The smallest absolute Gasteiger partial charge is 0.223 e. The molecule has 0 unspecified atom stereocenters. The fraction of sp³-hybridized carbons (Fsp3) is 0.412. The van der Waals surface area contributed by atoms with Crippen molar-refractivity contribution in [3.63, 3.8) is 0 Å². The van der Waals surface area contributed by atoms with E-state index in [1.165, 1.54) is 5.69 Å². The van der Waals surface area contributed by atoms with Crippen molar-refractivity contribution in [3.05, 3.63) is 34.9 Å². The molecule has 5 heteroatoms. The molecule has 0 bridgehead atoms. The van der Waals surface area contributed by atoms with Gasteiger partial charge in [-0.25, -0.2) is 0 Å². The predicted molar refractivity (Wildman–Crippen MR) is 93.1 cm³/mol. The lowest BCUT2D eigenvalue weighted by atomic mass is 9.95. The lowest BCUT2D eigenvalue weighted by Crippen LogP contribution is -2.40. The highest BCUT2D eigenvalue weighted by Gasteiger charge is 2.25. The molecule has 1 aromatic carbocycles. The SMILES string of the molecule is CCNC(=O)C1CCN(c2ccnc3c(Br)cccc23)CC1. The average Bonchev–Trinajstić information content (AvgIpc) is 2.55. The van der Waals surface area contributed by atoms with Crippen LogP contribution in [0.1, 0.15) is 19.8 Å². The number of carbonyl (C=O) groups excluding carboxylic acids is 1. The van der Waals surface area contributed by atoms with E-state index in [1.54, 1.807) is 0 Å². The summed E-state index contributed by atoms with van der Waals surface area (Å²) >= 11 is 3.57. The van der Waals surface area contributed by atoms with Crippen molar-refractivity contribution in [1.29, 1.82) is 0 Å². The molecule has 0 aliphatic carbocycles. The fourth-order valence-corrected chi connectivity index (χ4v) is 3.57. The Kier molecular flexibility index (Phi) is 4.62. The summed E-state index contributed by atoms with van der Waals surface area (Å²) in [6, 6.07) is 8.24. The fourth-order valence-electron chi connectivity index (χ4n) is 3.10. The number of aromatic nitrogens is 1. The number of halogens is 1. The molecule has 0 spiro atoms. The molecule has 3 rings (SSSR count). The zero-order valence-corrected chi connectivity index (χ0v) is 14.3. The first-order valence-corrected chi connectivity index (χ1v) is 8.56. The molecular weight excluding hydrogens is 342 g/mol. The third-order valence-corrected chi connectivity index (χ3v) is 4.90. The first-order chi connectivity index (χ1) is 10.7. The van der Waals surface area contributed by atoms with Crippen molar-refractivity contribution in [3.8, 4) is 0 Å². The highest BCUT2D eigenvalue weighted by Crippen LogP contribution is 2.32. The van der Waals surface area contributed by atoms with Crippen LogP contribution < -0.4 is 10.2 Å². The number of hydrogen-bond donors (Lipinski definition) is 1. The summed E-state index contributed by atoms with van der Waals surface area (Å²) in [5.74, 6) is 0.348. The molecule has 1 aromatic heterocycles. The summed E-state index contributed by atoms with van der Waals surface area (Å²) in [6.07, 6.45) is 3.67. The largest absolute Gasteiger partial charge is 0.371 e. The lowest BCUT2D eigenvalue weighted by molar-refractivity contribution is -0.125. The third kappa shape index (κ3) is 2.95. The van der Waals surface area contributed by atoms with Gasteiger partial charge in [0, 0.05) is 47.3 Å². The predicted octanol–water partition coefficient (Wildman–Crippen LogP) is 3.35. The Morgan fingerprint density at radius 1 is 1.36 bits per heavy atom. The van der Waals surface area contributed by atoms with E-state index in [-0.39, 0.29) is 11.8 Å². The van der Waals surface area contributed by atoms with Crippen LogP contribution in [0, 0.1) is 5.92 Å². The monoisotopic (exact) mass is 361 g/mol. The van der Waals surface area contributed by atoms with Gasteiger partial charge in [0.05, 0.1) is 5.52 Å². The number of anilines is 1. The van der Waals surface area contributed by atoms with Crippen LogP contribution in [0.3, 0.4) is 0 Å². The van der Waals surface area contributed by atoms with E-state index in [1.807, 2.05) is 25.3 Å². The first kappa shape index (κ1) is 15.3. The Morgan fingerprint density at radius 3 is 2.86 bits per heavy atom. The molecule has 22 heavy (non-hydrogen) atoms. The maximum atomic E-state index is 12.0. The Balaban J connectivity index is 1.80. The minimum absolute atomic E-state index is 0.149. The van der Waals surface area contributed by atoms with Crippen molar-refractivity contribution < 1.29 is 4.79 Å². The van der Waals surface area contributed by atoms with Gasteiger partial charge in [-0.3, -0.25) is 9.78 Å². The maximum absolute atomic E-state index is 12.0. The van der Waals surface area contributed by atoms with Crippen LogP contribution in [-0.4, -0.2) is 30.5 Å². The Labute approximate surface area is 139 Å². The van der Waals surface area contributed by atoms with Crippen LogP contribution in [0.4, 0.5) is 5.69 Å². The second-order valence-electron chi connectivity index (χ2n) is 5.62. The summed E-state index contributed by atoms with van der Waals surface area (Å²) in [6.45, 7) is 4.50. The van der Waals surface area contributed by atoms with Crippen LogP contribution >= 0.6 is 15.9 Å². The molecule has 1 saturated heterocycles. The number of para-hydroxylation sites is 1. The molecule has 4 nitrogen and oxygen atoms in total. The van der Waals surface area contributed by atoms with Gasteiger partial charge in [-0.15, -0.1) is 0 Å². The second kappa shape index (κ2) is 6.65. The van der Waals surface area contributed by atoms with Gasteiger partial charge in [-0.1, -0.05) is 12.1 Å². The average molecular weight is 362 g/mol. The van der Waals surface area contributed by atoms with Crippen molar-refractivity contribution >= 4 is 38.4 Å². The normalized spacial score (nSPS) is 16.0. The number of pyridine rings is 1. The van der Waals surface area contributed by atoms with Gasteiger partial charge in [-0.05, 0) is 47.8 Å². The minimum atomic E-state index is 0.149. The van der Waals surface area contributed by atoms with Gasteiger partial charge < -0.3 is 10.2 Å². The van der Waals surface area contributed by atoms with Crippen LogP contribution in [0.25, 0.3) is 10.9 Å². The summed E-state index contributed by atoms with van der Waals surface area (Å²) in [5, 5.41) is 4.09. The van der Waals surface area contributed by atoms with Crippen LogP contribution in [0.5, 0.6) is 0 Å². The molecule has 2 heterocycles. The highest BCUT2D eigenvalue weighted by atomic mass is 79.9. The number of rotatable bonds is 3. The molecule has 0 atom stereocenters. The summed E-state index contributed by atoms with van der Waals surface area (Å²) in [7, 11) is 0. The third-order valence-electron chi connectivity index (χ3n) is 4.26. The Hall–Kier alpha value is -1.62. The van der Waals surface area contributed by atoms with Gasteiger partial charge in [0.2, 0.25) is 5.91 Å². The standard InChI is InChI=1S/C17H20BrN3O/c1-2-19-17(22)12-7-10-21(11-8-12)15-6-9-20-16-13(15)4-3-5-14(16)18/h3-6,9,12H,2,7-8,10-11H2,1H3,(H,19,22). The van der Waals surface area contributed by atoms with Gasteiger partial charge in [-0.2, -0.15) is 0 Å². The zero-order valence-electron chi connectivity index (χ0n) is 12.7. The van der Waals surface area contributed by atoms with E-state index in [9.17, 15) is 4.79 Å². The van der Waals surface area contributed by atoms with E-state index in [2.05, 4.69) is 43.3 Å². The van der Waals surface area contributed by atoms with E-state index >= 15 is 0 Å².